The van der Waals surface area contributed by atoms with Gasteiger partial charge in [0, 0.05) is 31.0 Å². The fourth-order valence-electron chi connectivity index (χ4n) is 2.02. The van der Waals surface area contributed by atoms with E-state index in [9.17, 15) is 9.59 Å². The van der Waals surface area contributed by atoms with Crippen LogP contribution < -0.4 is 5.56 Å². The average Bonchev–Trinajstić information content (AvgIpc) is 2.91. The van der Waals surface area contributed by atoms with Gasteiger partial charge >= 0.3 is 0 Å². The molecule has 0 aromatic carbocycles. The first kappa shape index (κ1) is 15.9. The fraction of sp³-hybridized carbons (Fsp3) is 0.429. The number of carbonyl (C=O) groups is 1. The Bertz CT molecular complexity index is 707. The highest BCUT2D eigenvalue weighted by Gasteiger charge is 2.18. The number of aryl methyl sites for hydroxylation is 1. The first-order valence-electron chi connectivity index (χ1n) is 6.84. The topological polar surface area (TPSA) is 101 Å². The third-order valence-electron chi connectivity index (χ3n) is 3.00. The lowest BCUT2D eigenvalue weighted by molar-refractivity contribution is 0.0734. The zero-order valence-electron chi connectivity index (χ0n) is 12.8. The van der Waals surface area contributed by atoms with E-state index in [-0.39, 0.29) is 24.6 Å². The van der Waals surface area contributed by atoms with Crippen LogP contribution in [0.2, 0.25) is 0 Å². The van der Waals surface area contributed by atoms with Crippen molar-refractivity contribution in [1.29, 1.82) is 0 Å². The number of hydrogen-bond donors (Lipinski definition) is 1. The van der Waals surface area contributed by atoms with Crippen LogP contribution in [0, 0.1) is 6.92 Å². The Hall–Kier alpha value is -2.48. The largest absolute Gasteiger partial charge is 0.377 e. The van der Waals surface area contributed by atoms with Crippen LogP contribution in [0.5, 0.6) is 0 Å². The molecule has 2 heterocycles. The van der Waals surface area contributed by atoms with Gasteiger partial charge in [0.25, 0.3) is 5.91 Å². The van der Waals surface area contributed by atoms with Crippen LogP contribution in [0.3, 0.4) is 0 Å². The van der Waals surface area contributed by atoms with Crippen molar-refractivity contribution in [1.82, 2.24) is 20.0 Å². The maximum Gasteiger partial charge on any atom is 0.254 e. The molecule has 1 amide bonds. The van der Waals surface area contributed by atoms with Gasteiger partial charge in [-0.1, -0.05) is 5.16 Å². The molecule has 8 heteroatoms. The summed E-state index contributed by atoms with van der Waals surface area (Å²) in [6, 6.07) is 2.92. The maximum absolute atomic E-state index is 12.5. The van der Waals surface area contributed by atoms with E-state index < -0.39 is 0 Å². The standard InChI is InChI=1S/C14H18N4O4/c1-4-18(7-13-16-11(8-21-3)17-22-13)14(20)10-5-9(2)15-12(19)6-10/h5-6H,4,7-8H2,1-3H3,(H,15,19). The quantitative estimate of drug-likeness (QED) is 0.850. The molecule has 2 aromatic heterocycles. The molecule has 0 unspecified atom stereocenters. The minimum atomic E-state index is -0.306. The number of nitrogens with zero attached hydrogens (tertiary/aromatic N) is 3. The van der Waals surface area contributed by atoms with Crippen LogP contribution in [0.1, 0.15) is 34.7 Å². The number of aromatic nitrogens is 3. The summed E-state index contributed by atoms with van der Waals surface area (Å²) in [4.78, 5) is 32.2. The van der Waals surface area contributed by atoms with Crippen molar-refractivity contribution in [3.63, 3.8) is 0 Å². The third kappa shape index (κ3) is 3.79. The van der Waals surface area contributed by atoms with Crippen LogP contribution in [0.4, 0.5) is 0 Å². The molecular formula is C14H18N4O4. The van der Waals surface area contributed by atoms with Crippen LogP contribution in [-0.4, -0.2) is 39.6 Å². The SMILES string of the molecule is CCN(Cc1nc(COC)no1)C(=O)c1cc(C)[nH]c(=O)c1. The number of carbonyl (C=O) groups excluding carboxylic acids is 1. The molecule has 0 fully saturated rings. The van der Waals surface area contributed by atoms with Gasteiger partial charge in [-0.25, -0.2) is 0 Å². The van der Waals surface area contributed by atoms with E-state index >= 15 is 0 Å². The summed E-state index contributed by atoms with van der Waals surface area (Å²) in [5.74, 6) is 0.486. The first-order valence-corrected chi connectivity index (χ1v) is 6.84. The minimum Gasteiger partial charge on any atom is -0.377 e. The van der Waals surface area contributed by atoms with Crippen molar-refractivity contribution >= 4 is 5.91 Å². The van der Waals surface area contributed by atoms with Crippen molar-refractivity contribution in [3.05, 3.63) is 45.5 Å². The summed E-state index contributed by atoms with van der Waals surface area (Å²) in [5.41, 5.74) is 0.659. The molecule has 0 atom stereocenters. The number of aromatic amines is 1. The first-order chi connectivity index (χ1) is 10.5. The van der Waals surface area contributed by atoms with Crippen LogP contribution in [0.25, 0.3) is 0 Å². The molecule has 0 aliphatic heterocycles. The van der Waals surface area contributed by atoms with E-state index in [1.54, 1.807) is 13.0 Å². The van der Waals surface area contributed by atoms with Crippen LogP contribution in [0.15, 0.2) is 21.5 Å². The second-order valence-electron chi connectivity index (χ2n) is 4.77. The predicted molar refractivity (Wildman–Crippen MR) is 77.2 cm³/mol. The van der Waals surface area contributed by atoms with E-state index in [2.05, 4.69) is 15.1 Å². The van der Waals surface area contributed by atoms with Gasteiger partial charge in [-0.3, -0.25) is 9.59 Å². The minimum absolute atomic E-state index is 0.178. The van der Waals surface area contributed by atoms with Gasteiger partial charge in [-0.2, -0.15) is 4.98 Å². The Balaban J connectivity index is 2.16. The number of H-pyrrole nitrogens is 1. The van der Waals surface area contributed by atoms with Gasteiger partial charge in [-0.05, 0) is 19.9 Å². The summed E-state index contributed by atoms with van der Waals surface area (Å²) in [5, 5.41) is 3.75. The third-order valence-corrected chi connectivity index (χ3v) is 3.00. The van der Waals surface area contributed by atoms with E-state index in [1.807, 2.05) is 6.92 Å². The van der Waals surface area contributed by atoms with E-state index in [1.165, 1.54) is 18.1 Å². The number of ether oxygens (including phenoxy) is 1. The second kappa shape index (κ2) is 6.99. The van der Waals surface area contributed by atoms with Crippen molar-refractivity contribution in [2.75, 3.05) is 13.7 Å². The molecule has 0 aliphatic rings. The predicted octanol–water partition coefficient (Wildman–Crippen LogP) is 0.875. The number of amides is 1. The Kier molecular flexibility index (Phi) is 5.05. The zero-order chi connectivity index (χ0) is 16.1. The Morgan fingerprint density at radius 2 is 2.23 bits per heavy atom. The van der Waals surface area contributed by atoms with Gasteiger partial charge in [0.2, 0.25) is 11.4 Å². The van der Waals surface area contributed by atoms with Gasteiger partial charge in [0.15, 0.2) is 5.82 Å². The lowest BCUT2D eigenvalue weighted by Gasteiger charge is -2.18. The molecule has 8 nitrogen and oxygen atoms in total. The molecule has 2 aromatic rings. The van der Waals surface area contributed by atoms with Gasteiger partial charge in [0.1, 0.15) is 13.2 Å². The molecule has 0 radical (unpaired) electrons. The maximum atomic E-state index is 12.5. The normalized spacial score (nSPS) is 10.7. The molecule has 2 rings (SSSR count). The molecular weight excluding hydrogens is 288 g/mol. The Labute approximate surface area is 127 Å². The monoisotopic (exact) mass is 306 g/mol. The van der Waals surface area contributed by atoms with E-state index in [4.69, 9.17) is 9.26 Å². The summed E-state index contributed by atoms with van der Waals surface area (Å²) in [6.07, 6.45) is 0. The zero-order valence-corrected chi connectivity index (χ0v) is 12.8. The summed E-state index contributed by atoms with van der Waals surface area (Å²) in [7, 11) is 1.53. The molecule has 0 aliphatic carbocycles. The molecule has 0 saturated carbocycles. The summed E-state index contributed by atoms with van der Waals surface area (Å²) < 4.78 is 9.99. The van der Waals surface area contributed by atoms with Crippen molar-refractivity contribution in [2.45, 2.75) is 27.0 Å². The highest BCUT2D eigenvalue weighted by atomic mass is 16.5. The molecule has 0 spiro atoms. The molecule has 1 N–H and O–H groups in total. The van der Waals surface area contributed by atoms with E-state index in [0.29, 0.717) is 29.5 Å². The average molecular weight is 306 g/mol. The summed E-state index contributed by atoms with van der Waals surface area (Å²) in [6.45, 7) is 4.44. The lowest BCUT2D eigenvalue weighted by Crippen LogP contribution is -2.31. The Morgan fingerprint density at radius 3 is 2.86 bits per heavy atom. The smallest absolute Gasteiger partial charge is 0.254 e. The van der Waals surface area contributed by atoms with Crippen molar-refractivity contribution < 1.29 is 14.1 Å². The number of methoxy groups -OCH3 is 1. The van der Waals surface area contributed by atoms with Gasteiger partial charge in [0.05, 0.1) is 0 Å². The highest BCUT2D eigenvalue weighted by Crippen LogP contribution is 2.09. The van der Waals surface area contributed by atoms with Crippen molar-refractivity contribution in [2.24, 2.45) is 0 Å². The number of rotatable bonds is 6. The molecule has 0 bridgehead atoms. The van der Waals surface area contributed by atoms with Crippen LogP contribution in [-0.2, 0) is 17.9 Å². The van der Waals surface area contributed by atoms with Gasteiger partial charge in [-0.15, -0.1) is 0 Å². The van der Waals surface area contributed by atoms with Crippen molar-refractivity contribution in [3.8, 4) is 0 Å². The number of hydrogen-bond acceptors (Lipinski definition) is 6. The molecule has 22 heavy (non-hydrogen) atoms. The van der Waals surface area contributed by atoms with Gasteiger partial charge < -0.3 is 19.1 Å². The summed E-state index contributed by atoms with van der Waals surface area (Å²) >= 11 is 0. The molecule has 0 saturated heterocycles. The lowest BCUT2D eigenvalue weighted by atomic mass is 10.2. The van der Waals surface area contributed by atoms with E-state index in [0.717, 1.165) is 0 Å². The highest BCUT2D eigenvalue weighted by molar-refractivity contribution is 5.94. The number of nitrogens with one attached hydrogen (secondary N) is 1. The second-order valence-corrected chi connectivity index (χ2v) is 4.77. The fourth-order valence-corrected chi connectivity index (χ4v) is 2.02. The van der Waals surface area contributed by atoms with Crippen LogP contribution >= 0.6 is 0 Å². The number of pyridine rings is 1. The molecule has 118 valence electrons. The Morgan fingerprint density at radius 1 is 1.45 bits per heavy atom.